The Kier molecular flexibility index (Phi) is 1.94. The van der Waals surface area contributed by atoms with E-state index in [0.29, 0.717) is 6.42 Å². The number of fused-ring (bicyclic) bond motifs is 1. The molecule has 1 aliphatic heterocycles. The Labute approximate surface area is 76.8 Å². The van der Waals surface area contributed by atoms with Gasteiger partial charge in [-0.15, -0.1) is 0 Å². The van der Waals surface area contributed by atoms with Crippen molar-refractivity contribution in [2.75, 3.05) is 6.61 Å². The normalized spacial score (nSPS) is 42.4. The van der Waals surface area contributed by atoms with Gasteiger partial charge in [0.2, 0.25) is 0 Å². The number of ether oxygens (including phenoxy) is 2. The van der Waals surface area contributed by atoms with Gasteiger partial charge in [-0.1, -0.05) is 0 Å². The first-order chi connectivity index (χ1) is 6.03. The highest BCUT2D eigenvalue weighted by molar-refractivity contribution is 5.86. The van der Waals surface area contributed by atoms with Crippen molar-refractivity contribution in [2.24, 2.45) is 5.92 Å². The van der Waals surface area contributed by atoms with Crippen LogP contribution < -0.4 is 0 Å². The molecule has 4 nitrogen and oxygen atoms in total. The first-order valence-electron chi connectivity index (χ1n) is 4.53. The van der Waals surface area contributed by atoms with Gasteiger partial charge in [-0.2, -0.15) is 0 Å². The van der Waals surface area contributed by atoms with E-state index in [-0.39, 0.29) is 24.4 Å². The molecule has 2 rings (SSSR count). The number of ketones is 1. The maximum Gasteiger partial charge on any atom is 0.164 e. The van der Waals surface area contributed by atoms with Crippen molar-refractivity contribution in [3.05, 3.63) is 0 Å². The van der Waals surface area contributed by atoms with Crippen LogP contribution in [0.15, 0.2) is 0 Å². The molecular weight excluding hydrogens is 172 g/mol. The van der Waals surface area contributed by atoms with E-state index in [1.807, 2.05) is 0 Å². The van der Waals surface area contributed by atoms with Crippen LogP contribution in [0.3, 0.4) is 0 Å². The van der Waals surface area contributed by atoms with Crippen molar-refractivity contribution in [1.29, 1.82) is 0 Å². The number of rotatable bonds is 1. The zero-order valence-electron chi connectivity index (χ0n) is 7.82. The molecule has 2 unspecified atom stereocenters. The maximum absolute atomic E-state index is 11.4. The van der Waals surface area contributed by atoms with Gasteiger partial charge >= 0.3 is 0 Å². The molecule has 0 bridgehead atoms. The fourth-order valence-corrected chi connectivity index (χ4v) is 2.04. The van der Waals surface area contributed by atoms with Gasteiger partial charge in [-0.05, 0) is 13.8 Å². The first kappa shape index (κ1) is 9.12. The van der Waals surface area contributed by atoms with Crippen molar-refractivity contribution in [1.82, 2.24) is 0 Å². The summed E-state index contributed by atoms with van der Waals surface area (Å²) in [6, 6.07) is 0. The highest BCUT2D eigenvalue weighted by Gasteiger charge is 2.53. The zero-order valence-corrected chi connectivity index (χ0v) is 7.82. The summed E-state index contributed by atoms with van der Waals surface area (Å²) >= 11 is 0. The second-order valence-electron chi connectivity index (χ2n) is 4.13. The van der Waals surface area contributed by atoms with Gasteiger partial charge < -0.3 is 14.6 Å². The summed E-state index contributed by atoms with van der Waals surface area (Å²) in [5.41, 5.74) is 0. The van der Waals surface area contributed by atoms with E-state index in [9.17, 15) is 4.79 Å². The van der Waals surface area contributed by atoms with Crippen LogP contribution >= 0.6 is 0 Å². The standard InChI is InChI=1S/C9H14O4/c1-9(2)12-7-5(4-10)3-6(11)8(7)13-9/h5,7-8,10H,3-4H2,1-2H3/t5-,7?,8?/m1/s1. The predicted octanol–water partition coefficient (Wildman–Crippen LogP) is 0.0878. The molecule has 0 amide bonds. The Bertz CT molecular complexity index is 236. The second-order valence-corrected chi connectivity index (χ2v) is 4.13. The lowest BCUT2D eigenvalue weighted by atomic mass is 10.1. The van der Waals surface area contributed by atoms with E-state index in [4.69, 9.17) is 14.6 Å². The predicted molar refractivity (Wildman–Crippen MR) is 44.0 cm³/mol. The molecule has 1 aliphatic carbocycles. The van der Waals surface area contributed by atoms with E-state index in [0.717, 1.165) is 0 Å². The third-order valence-electron chi connectivity index (χ3n) is 2.61. The molecule has 2 aliphatic rings. The Morgan fingerprint density at radius 3 is 2.85 bits per heavy atom. The largest absolute Gasteiger partial charge is 0.396 e. The van der Waals surface area contributed by atoms with E-state index in [1.165, 1.54) is 0 Å². The molecule has 13 heavy (non-hydrogen) atoms. The van der Waals surface area contributed by atoms with Crippen LogP contribution in [0.2, 0.25) is 0 Å². The van der Waals surface area contributed by atoms with Gasteiger partial charge in [0, 0.05) is 18.9 Å². The Morgan fingerprint density at radius 1 is 1.54 bits per heavy atom. The van der Waals surface area contributed by atoms with Crippen LogP contribution in [0.4, 0.5) is 0 Å². The minimum atomic E-state index is -0.682. The lowest BCUT2D eigenvalue weighted by molar-refractivity contribution is -0.164. The maximum atomic E-state index is 11.4. The van der Waals surface area contributed by atoms with Crippen molar-refractivity contribution < 1.29 is 19.4 Å². The lowest BCUT2D eigenvalue weighted by Crippen LogP contribution is -2.27. The van der Waals surface area contributed by atoms with E-state index < -0.39 is 11.9 Å². The fourth-order valence-electron chi connectivity index (χ4n) is 2.04. The molecule has 4 heteroatoms. The minimum absolute atomic E-state index is 0.00759. The Balaban J connectivity index is 2.17. The van der Waals surface area contributed by atoms with Crippen molar-refractivity contribution >= 4 is 5.78 Å². The summed E-state index contributed by atoms with van der Waals surface area (Å²) in [6.45, 7) is 3.56. The van der Waals surface area contributed by atoms with Crippen LogP contribution in [0.25, 0.3) is 0 Å². The molecule has 0 aromatic carbocycles. The molecule has 0 aromatic heterocycles. The van der Waals surface area contributed by atoms with Gasteiger partial charge in [0.25, 0.3) is 0 Å². The van der Waals surface area contributed by atoms with Gasteiger partial charge in [0.05, 0.1) is 6.10 Å². The van der Waals surface area contributed by atoms with Crippen molar-refractivity contribution in [3.8, 4) is 0 Å². The van der Waals surface area contributed by atoms with Crippen LogP contribution in [-0.2, 0) is 14.3 Å². The Hall–Kier alpha value is -0.450. The van der Waals surface area contributed by atoms with Crippen LogP contribution in [0, 0.1) is 5.92 Å². The number of carbonyl (C=O) groups is 1. The summed E-state index contributed by atoms with van der Waals surface area (Å²) < 4.78 is 11.0. The van der Waals surface area contributed by atoms with E-state index >= 15 is 0 Å². The molecule has 2 fully saturated rings. The summed E-state index contributed by atoms with van der Waals surface area (Å²) in [5, 5.41) is 9.01. The third kappa shape index (κ3) is 1.39. The van der Waals surface area contributed by atoms with Gasteiger partial charge in [-0.3, -0.25) is 4.79 Å². The number of Topliss-reactive ketones (excluding diaryl/α,β-unsaturated/α-hetero) is 1. The van der Waals surface area contributed by atoms with Gasteiger partial charge in [0.1, 0.15) is 6.10 Å². The van der Waals surface area contributed by atoms with Crippen LogP contribution in [0.5, 0.6) is 0 Å². The fraction of sp³-hybridized carbons (Fsp3) is 0.889. The molecule has 1 heterocycles. The molecule has 3 atom stereocenters. The van der Waals surface area contributed by atoms with Gasteiger partial charge in [-0.25, -0.2) is 0 Å². The zero-order chi connectivity index (χ0) is 9.64. The average Bonchev–Trinajstić information content (AvgIpc) is 2.47. The monoisotopic (exact) mass is 186 g/mol. The highest BCUT2D eigenvalue weighted by atomic mass is 16.8. The van der Waals surface area contributed by atoms with Crippen molar-refractivity contribution in [2.45, 2.75) is 38.3 Å². The van der Waals surface area contributed by atoms with Gasteiger partial charge in [0.15, 0.2) is 11.6 Å². The lowest BCUT2D eigenvalue weighted by Gasteiger charge is -2.19. The average molecular weight is 186 g/mol. The molecule has 0 spiro atoms. The summed E-state index contributed by atoms with van der Waals surface area (Å²) in [5.74, 6) is -0.715. The van der Waals surface area contributed by atoms with E-state index in [2.05, 4.69) is 0 Å². The first-order valence-corrected chi connectivity index (χ1v) is 4.53. The van der Waals surface area contributed by atoms with Crippen LogP contribution in [0.1, 0.15) is 20.3 Å². The molecule has 1 saturated heterocycles. The number of hydrogen-bond donors (Lipinski definition) is 1. The summed E-state index contributed by atoms with van der Waals surface area (Å²) in [7, 11) is 0. The SMILES string of the molecule is CC1(C)OC2C(=O)C[C@H](CO)C2O1. The van der Waals surface area contributed by atoms with E-state index in [1.54, 1.807) is 13.8 Å². The number of hydrogen-bond acceptors (Lipinski definition) is 4. The summed E-state index contributed by atoms with van der Waals surface area (Å²) in [4.78, 5) is 11.4. The molecule has 0 radical (unpaired) electrons. The highest BCUT2D eigenvalue weighted by Crippen LogP contribution is 2.39. The number of aliphatic hydroxyl groups excluding tert-OH is 1. The van der Waals surface area contributed by atoms with Crippen molar-refractivity contribution in [3.63, 3.8) is 0 Å². The number of aliphatic hydroxyl groups is 1. The topological polar surface area (TPSA) is 55.8 Å². The Morgan fingerprint density at radius 2 is 2.23 bits per heavy atom. The number of carbonyl (C=O) groups excluding carboxylic acids is 1. The van der Waals surface area contributed by atoms with Crippen LogP contribution in [-0.4, -0.2) is 35.5 Å². The molecule has 0 aromatic rings. The molecule has 74 valence electrons. The molecule has 1 saturated carbocycles. The second kappa shape index (κ2) is 2.77. The molecule has 1 N–H and O–H groups in total. The summed E-state index contributed by atoms with van der Waals surface area (Å²) in [6.07, 6.45) is -0.318. The molecular formula is C9H14O4. The third-order valence-corrected chi connectivity index (χ3v) is 2.61. The minimum Gasteiger partial charge on any atom is -0.396 e. The quantitative estimate of drug-likeness (QED) is 0.630. The smallest absolute Gasteiger partial charge is 0.164 e.